The molecule has 4 aliphatic rings. The predicted molar refractivity (Wildman–Crippen MR) is 154 cm³/mol. The van der Waals surface area contributed by atoms with E-state index in [0.717, 1.165) is 70.8 Å². The summed E-state index contributed by atoms with van der Waals surface area (Å²) in [6.07, 6.45) is 24.9. The van der Waals surface area contributed by atoms with Crippen molar-refractivity contribution in [3.8, 4) is 12.8 Å². The van der Waals surface area contributed by atoms with Crippen LogP contribution in [0.2, 0.25) is 0 Å². The summed E-state index contributed by atoms with van der Waals surface area (Å²) in [5, 5.41) is 0. The van der Waals surface area contributed by atoms with Crippen molar-refractivity contribution >= 4 is 26.0 Å². The number of sulfonamides is 2. The van der Waals surface area contributed by atoms with Gasteiger partial charge in [0.1, 0.15) is 6.04 Å². The molecule has 0 unspecified atom stereocenters. The molecule has 4 fully saturated rings. The minimum atomic E-state index is -3.34. The van der Waals surface area contributed by atoms with Gasteiger partial charge in [0.15, 0.2) is 0 Å². The van der Waals surface area contributed by atoms with E-state index in [4.69, 9.17) is 5.73 Å². The summed E-state index contributed by atoms with van der Waals surface area (Å²) < 4.78 is 52.9. The Hall–Kier alpha value is -1.15. The van der Waals surface area contributed by atoms with Crippen molar-refractivity contribution in [1.29, 1.82) is 0 Å². The fourth-order valence-corrected chi connectivity index (χ4v) is 10.8. The Labute approximate surface area is 232 Å². The Morgan fingerprint density at radius 3 is 1.50 bits per heavy atom. The minimum absolute atomic E-state index is 0.191. The molecular weight excluding hydrogens is 522 g/mol. The van der Waals surface area contributed by atoms with Crippen LogP contribution >= 0.6 is 0 Å². The topological polar surface area (TPSA) is 118 Å². The SMILES string of the molecule is C#C.C[C@@H]1CCCCN1S(=O)(=O)CC1CCCCC1.NC(=O)[C@@H]1CCCCN1S(=O)(=O)CC1CCCCC1. The van der Waals surface area contributed by atoms with Gasteiger partial charge >= 0.3 is 0 Å². The lowest BCUT2D eigenvalue weighted by molar-refractivity contribution is -0.122. The van der Waals surface area contributed by atoms with Gasteiger partial charge in [-0.2, -0.15) is 8.61 Å². The summed E-state index contributed by atoms with van der Waals surface area (Å²) in [6.45, 7) is 3.25. The Morgan fingerprint density at radius 2 is 1.05 bits per heavy atom. The van der Waals surface area contributed by atoms with Crippen LogP contribution < -0.4 is 5.73 Å². The number of nitrogens with zero attached hydrogens (tertiary/aromatic N) is 2. The second-order valence-corrected chi connectivity index (χ2v) is 15.5. The number of rotatable bonds is 7. The average Bonchev–Trinajstić information content (AvgIpc) is 2.91. The van der Waals surface area contributed by atoms with Gasteiger partial charge in [0.2, 0.25) is 26.0 Å². The summed E-state index contributed by atoms with van der Waals surface area (Å²) in [7, 11) is -6.34. The van der Waals surface area contributed by atoms with Crippen molar-refractivity contribution in [2.45, 2.75) is 122 Å². The maximum atomic E-state index is 12.5. The largest absolute Gasteiger partial charge is 0.368 e. The van der Waals surface area contributed by atoms with Crippen molar-refractivity contribution < 1.29 is 21.6 Å². The number of nitrogens with two attached hydrogens (primary N) is 1. The normalized spacial score (nSPS) is 26.8. The van der Waals surface area contributed by atoms with Crippen LogP contribution in [0.25, 0.3) is 0 Å². The molecule has 2 aliphatic heterocycles. The zero-order valence-electron chi connectivity index (χ0n) is 23.4. The lowest BCUT2D eigenvalue weighted by Gasteiger charge is -2.34. The molecule has 2 N–H and O–H groups in total. The summed E-state index contributed by atoms with van der Waals surface area (Å²) in [5.74, 6) is 0.762. The van der Waals surface area contributed by atoms with Gasteiger partial charge in [-0.15, -0.1) is 12.8 Å². The maximum Gasteiger partial charge on any atom is 0.235 e. The molecule has 0 aromatic rings. The highest BCUT2D eigenvalue weighted by Crippen LogP contribution is 2.29. The molecule has 4 rings (SSSR count). The molecule has 0 spiro atoms. The number of carbonyl (C=O) groups excluding carboxylic acids is 1. The highest BCUT2D eigenvalue weighted by atomic mass is 32.2. The molecule has 2 saturated carbocycles. The van der Waals surface area contributed by atoms with Gasteiger partial charge in [-0.05, 0) is 70.1 Å². The molecule has 220 valence electrons. The van der Waals surface area contributed by atoms with E-state index in [1.54, 1.807) is 4.31 Å². The quantitative estimate of drug-likeness (QED) is 0.457. The second kappa shape index (κ2) is 16.2. The van der Waals surface area contributed by atoms with Crippen molar-refractivity contribution in [3.05, 3.63) is 0 Å². The Bertz CT molecular complexity index is 939. The molecule has 0 radical (unpaired) electrons. The molecular formula is C28H51N3O5S2. The third-order valence-electron chi connectivity index (χ3n) is 8.58. The molecule has 0 bridgehead atoms. The zero-order valence-corrected chi connectivity index (χ0v) is 25.1. The number of piperidine rings is 2. The van der Waals surface area contributed by atoms with Gasteiger partial charge < -0.3 is 5.73 Å². The molecule has 10 heteroatoms. The van der Waals surface area contributed by atoms with Crippen LogP contribution in [-0.2, 0) is 24.8 Å². The highest BCUT2D eigenvalue weighted by Gasteiger charge is 2.37. The molecule has 0 aromatic heterocycles. The van der Waals surface area contributed by atoms with E-state index < -0.39 is 32.0 Å². The van der Waals surface area contributed by atoms with E-state index in [9.17, 15) is 21.6 Å². The smallest absolute Gasteiger partial charge is 0.235 e. The van der Waals surface area contributed by atoms with Crippen LogP contribution in [0.4, 0.5) is 0 Å². The number of terminal acetylenes is 1. The van der Waals surface area contributed by atoms with Crippen molar-refractivity contribution in [2.75, 3.05) is 24.6 Å². The third-order valence-corrected chi connectivity index (χ3v) is 12.8. The molecule has 2 saturated heterocycles. The van der Waals surface area contributed by atoms with E-state index in [1.165, 1.54) is 36.4 Å². The average molecular weight is 574 g/mol. The summed E-state index contributed by atoms with van der Waals surface area (Å²) in [6, 6.07) is -0.403. The monoisotopic (exact) mass is 573 g/mol. The van der Waals surface area contributed by atoms with Crippen molar-refractivity contribution in [1.82, 2.24) is 8.61 Å². The van der Waals surface area contributed by atoms with E-state index in [-0.39, 0.29) is 17.7 Å². The highest BCUT2D eigenvalue weighted by molar-refractivity contribution is 7.89. The standard InChI is InChI=1S/C13H24N2O3S.C13H25NO2S.C2H2/c14-13(16)12-8-4-5-9-15(12)19(17,18)10-11-6-2-1-3-7-11;1-12-7-5-6-10-14(12)17(15,16)11-13-8-3-2-4-9-13;1-2/h11-12H,1-10H2,(H2,14,16);12-13H,2-11H2,1H3;1-2H/t2*12-;/m01./s1. The first kappa shape index (κ1) is 33.1. The van der Waals surface area contributed by atoms with E-state index in [0.29, 0.717) is 24.6 Å². The first-order valence-electron chi connectivity index (χ1n) is 14.7. The Kier molecular flexibility index (Phi) is 14.1. The molecule has 2 aliphatic carbocycles. The molecule has 1 amide bonds. The first-order chi connectivity index (χ1) is 18.1. The van der Waals surface area contributed by atoms with E-state index >= 15 is 0 Å². The number of hydrogen-bond donors (Lipinski definition) is 1. The third kappa shape index (κ3) is 10.1. The molecule has 8 nitrogen and oxygen atoms in total. The molecule has 38 heavy (non-hydrogen) atoms. The van der Waals surface area contributed by atoms with Crippen LogP contribution in [0.1, 0.15) is 110 Å². The van der Waals surface area contributed by atoms with Crippen molar-refractivity contribution in [2.24, 2.45) is 17.6 Å². The fraction of sp³-hybridized carbons (Fsp3) is 0.893. The van der Waals surface area contributed by atoms with Gasteiger partial charge in [-0.3, -0.25) is 4.79 Å². The predicted octanol–water partition coefficient (Wildman–Crippen LogP) is 4.26. The van der Waals surface area contributed by atoms with Crippen LogP contribution in [0, 0.1) is 24.7 Å². The van der Waals surface area contributed by atoms with Gasteiger partial charge in [-0.1, -0.05) is 51.4 Å². The van der Waals surface area contributed by atoms with Gasteiger partial charge in [0.25, 0.3) is 0 Å². The van der Waals surface area contributed by atoms with Crippen LogP contribution in [0.3, 0.4) is 0 Å². The molecule has 2 atom stereocenters. The van der Waals surface area contributed by atoms with Gasteiger partial charge in [0.05, 0.1) is 11.5 Å². The molecule has 0 aromatic carbocycles. The maximum absolute atomic E-state index is 12.5. The number of carbonyl (C=O) groups is 1. The summed E-state index contributed by atoms with van der Waals surface area (Å²) in [4.78, 5) is 11.4. The summed E-state index contributed by atoms with van der Waals surface area (Å²) >= 11 is 0. The number of hydrogen-bond acceptors (Lipinski definition) is 5. The Balaban J connectivity index is 0.000000252. The zero-order chi connectivity index (χ0) is 28.2. The second-order valence-electron chi connectivity index (χ2n) is 11.5. The van der Waals surface area contributed by atoms with Crippen LogP contribution in [0.5, 0.6) is 0 Å². The fourth-order valence-electron chi connectivity index (χ4n) is 6.50. The van der Waals surface area contributed by atoms with Crippen molar-refractivity contribution in [3.63, 3.8) is 0 Å². The molecule has 2 heterocycles. The Morgan fingerprint density at radius 1 is 0.658 bits per heavy atom. The van der Waals surface area contributed by atoms with Crippen LogP contribution in [-0.4, -0.2) is 68.0 Å². The van der Waals surface area contributed by atoms with E-state index in [2.05, 4.69) is 19.8 Å². The number of amides is 1. The van der Waals surface area contributed by atoms with Gasteiger partial charge in [-0.25, -0.2) is 16.8 Å². The lowest BCUT2D eigenvalue weighted by Crippen LogP contribution is -2.51. The van der Waals surface area contributed by atoms with Gasteiger partial charge in [0, 0.05) is 19.1 Å². The lowest BCUT2D eigenvalue weighted by atomic mass is 9.91. The van der Waals surface area contributed by atoms with Crippen LogP contribution in [0.15, 0.2) is 0 Å². The summed E-state index contributed by atoms with van der Waals surface area (Å²) in [5.41, 5.74) is 5.34. The minimum Gasteiger partial charge on any atom is -0.368 e. The number of primary amides is 1. The first-order valence-corrected chi connectivity index (χ1v) is 17.9. The van der Waals surface area contributed by atoms with E-state index in [1.807, 2.05) is 0 Å².